The summed E-state index contributed by atoms with van der Waals surface area (Å²) in [5, 5.41) is 5.84. The maximum absolute atomic E-state index is 11.7. The van der Waals surface area contributed by atoms with Gasteiger partial charge in [0.15, 0.2) is 0 Å². The van der Waals surface area contributed by atoms with Crippen molar-refractivity contribution in [3.63, 3.8) is 0 Å². The summed E-state index contributed by atoms with van der Waals surface area (Å²) in [6.45, 7) is 3.81. The van der Waals surface area contributed by atoms with E-state index in [1.54, 1.807) is 18.4 Å². The van der Waals surface area contributed by atoms with E-state index < -0.39 is 0 Å². The van der Waals surface area contributed by atoms with Crippen molar-refractivity contribution in [1.82, 2.24) is 14.8 Å². The molecule has 1 N–H and O–H groups in total. The van der Waals surface area contributed by atoms with Crippen LogP contribution in [-0.2, 0) is 7.05 Å². The number of hydrogen-bond acceptors (Lipinski definition) is 3. The van der Waals surface area contributed by atoms with Gasteiger partial charge in [-0.25, -0.2) is 4.98 Å². The Morgan fingerprint density at radius 3 is 2.64 bits per heavy atom. The van der Waals surface area contributed by atoms with E-state index in [2.05, 4.69) is 10.1 Å². The van der Waals surface area contributed by atoms with Crippen molar-refractivity contribution in [3.05, 3.63) is 26.4 Å². The van der Waals surface area contributed by atoms with E-state index in [1.807, 2.05) is 19.2 Å². The molecule has 0 atom stereocenters. The van der Waals surface area contributed by atoms with E-state index in [-0.39, 0.29) is 5.56 Å². The lowest BCUT2D eigenvalue weighted by atomic mass is 10.2. The van der Waals surface area contributed by atoms with Crippen LogP contribution in [0.5, 0.6) is 0 Å². The zero-order chi connectivity index (χ0) is 10.3. The van der Waals surface area contributed by atoms with E-state index in [9.17, 15) is 4.79 Å². The summed E-state index contributed by atoms with van der Waals surface area (Å²) in [7, 11) is 1.71. The van der Waals surface area contributed by atoms with Gasteiger partial charge in [-0.05, 0) is 13.8 Å². The van der Waals surface area contributed by atoms with Gasteiger partial charge >= 0.3 is 0 Å². The molecule has 0 saturated carbocycles. The first-order chi connectivity index (χ1) is 6.59. The number of aromatic amines is 1. The Labute approximate surface area is 85.2 Å². The molecule has 4 nitrogen and oxygen atoms in total. The highest BCUT2D eigenvalue weighted by Crippen LogP contribution is 2.20. The second-order valence-corrected chi connectivity index (χ2v) is 4.29. The molecule has 0 aliphatic carbocycles. The third-order valence-electron chi connectivity index (χ3n) is 2.10. The third kappa shape index (κ3) is 1.29. The van der Waals surface area contributed by atoms with Crippen molar-refractivity contribution in [2.75, 3.05) is 0 Å². The maximum Gasteiger partial charge on any atom is 0.275 e. The van der Waals surface area contributed by atoms with E-state index in [4.69, 9.17) is 0 Å². The van der Waals surface area contributed by atoms with Crippen LogP contribution >= 0.6 is 11.3 Å². The van der Waals surface area contributed by atoms with E-state index in [0.717, 1.165) is 16.4 Å². The van der Waals surface area contributed by atoms with Crippen LogP contribution in [0, 0.1) is 13.8 Å². The fourth-order valence-electron chi connectivity index (χ4n) is 1.47. The second-order valence-electron chi connectivity index (χ2n) is 3.23. The average molecular weight is 209 g/mol. The monoisotopic (exact) mass is 209 g/mol. The molecule has 2 heterocycles. The zero-order valence-electron chi connectivity index (χ0n) is 8.29. The van der Waals surface area contributed by atoms with Crippen LogP contribution in [0.1, 0.15) is 10.7 Å². The molecular weight excluding hydrogens is 198 g/mol. The number of nitrogens with zero attached hydrogens (tertiary/aromatic N) is 2. The summed E-state index contributed by atoms with van der Waals surface area (Å²) in [6.07, 6.45) is 0. The number of aromatic nitrogens is 3. The molecular formula is C9H11N3OS. The van der Waals surface area contributed by atoms with E-state index in [1.165, 1.54) is 4.68 Å². The lowest BCUT2D eigenvalue weighted by Gasteiger charge is -1.89. The zero-order valence-corrected chi connectivity index (χ0v) is 9.10. The number of thiazole rings is 1. The first-order valence-electron chi connectivity index (χ1n) is 4.27. The molecule has 2 aromatic heterocycles. The Hall–Kier alpha value is -1.36. The number of hydrogen-bond donors (Lipinski definition) is 1. The van der Waals surface area contributed by atoms with Gasteiger partial charge in [-0.15, -0.1) is 11.3 Å². The molecule has 74 valence electrons. The third-order valence-corrected chi connectivity index (χ3v) is 2.88. The maximum atomic E-state index is 11.7. The second kappa shape index (κ2) is 3.09. The largest absolute Gasteiger partial charge is 0.300 e. The Balaban J connectivity index is 2.67. The summed E-state index contributed by atoms with van der Waals surface area (Å²) >= 11 is 1.55. The molecule has 0 spiro atoms. The summed E-state index contributed by atoms with van der Waals surface area (Å²) in [5.41, 5.74) is 2.29. The van der Waals surface area contributed by atoms with Crippen molar-refractivity contribution >= 4 is 11.3 Å². The van der Waals surface area contributed by atoms with Gasteiger partial charge < -0.3 is 0 Å². The van der Waals surface area contributed by atoms with Gasteiger partial charge in [0.2, 0.25) is 0 Å². The Bertz CT molecular complexity index is 520. The minimum atomic E-state index is -0.0206. The summed E-state index contributed by atoms with van der Waals surface area (Å²) in [6, 6.07) is 0. The molecule has 0 saturated heterocycles. The lowest BCUT2D eigenvalue weighted by Crippen LogP contribution is -2.13. The first-order valence-corrected chi connectivity index (χ1v) is 5.15. The molecule has 0 aliphatic heterocycles. The van der Waals surface area contributed by atoms with Crippen LogP contribution in [0.2, 0.25) is 0 Å². The van der Waals surface area contributed by atoms with Gasteiger partial charge in [-0.3, -0.25) is 14.6 Å². The first kappa shape index (κ1) is 9.21. The topological polar surface area (TPSA) is 50.7 Å². The Kier molecular flexibility index (Phi) is 2.03. The predicted octanol–water partition coefficient (Wildman–Crippen LogP) is 1.45. The van der Waals surface area contributed by atoms with Crippen molar-refractivity contribution < 1.29 is 0 Å². The highest BCUT2D eigenvalue weighted by Gasteiger charge is 2.13. The van der Waals surface area contributed by atoms with Crippen LogP contribution < -0.4 is 5.56 Å². The minimum absolute atomic E-state index is 0.0206. The molecule has 2 aromatic rings. The number of H-pyrrole nitrogens is 1. The molecule has 0 unspecified atom stereocenters. The van der Waals surface area contributed by atoms with Gasteiger partial charge in [-0.1, -0.05) is 0 Å². The molecule has 5 heteroatoms. The van der Waals surface area contributed by atoms with Crippen molar-refractivity contribution in [3.8, 4) is 11.3 Å². The van der Waals surface area contributed by atoms with Crippen LogP contribution in [-0.4, -0.2) is 14.8 Å². The summed E-state index contributed by atoms with van der Waals surface area (Å²) in [5.74, 6) is 0. The van der Waals surface area contributed by atoms with Gasteiger partial charge in [0.25, 0.3) is 5.56 Å². The molecule has 14 heavy (non-hydrogen) atoms. The lowest BCUT2D eigenvalue weighted by molar-refractivity contribution is 0.731. The predicted molar refractivity (Wildman–Crippen MR) is 56.6 cm³/mol. The molecule has 2 rings (SSSR count). The van der Waals surface area contributed by atoms with Crippen LogP contribution in [0.25, 0.3) is 11.3 Å². The number of aryl methyl sites for hydroxylation is 3. The quantitative estimate of drug-likeness (QED) is 0.773. The van der Waals surface area contributed by atoms with Crippen molar-refractivity contribution in [2.24, 2.45) is 7.05 Å². The Morgan fingerprint density at radius 2 is 2.21 bits per heavy atom. The van der Waals surface area contributed by atoms with Gasteiger partial charge in [0, 0.05) is 18.1 Å². The van der Waals surface area contributed by atoms with Gasteiger partial charge in [0.05, 0.1) is 16.3 Å². The minimum Gasteiger partial charge on any atom is -0.300 e. The van der Waals surface area contributed by atoms with Crippen molar-refractivity contribution in [1.29, 1.82) is 0 Å². The van der Waals surface area contributed by atoms with Gasteiger partial charge in [-0.2, -0.15) is 0 Å². The summed E-state index contributed by atoms with van der Waals surface area (Å²) < 4.78 is 1.47. The molecule has 0 amide bonds. The Morgan fingerprint density at radius 1 is 1.50 bits per heavy atom. The van der Waals surface area contributed by atoms with Crippen LogP contribution in [0.4, 0.5) is 0 Å². The molecule has 0 aromatic carbocycles. The SMILES string of the molecule is Cc1nc(-c2c(C)[nH]n(C)c2=O)cs1. The summed E-state index contributed by atoms with van der Waals surface area (Å²) in [4.78, 5) is 16.0. The van der Waals surface area contributed by atoms with E-state index in [0.29, 0.717) is 5.56 Å². The highest BCUT2D eigenvalue weighted by atomic mass is 32.1. The van der Waals surface area contributed by atoms with Crippen LogP contribution in [0.15, 0.2) is 10.2 Å². The highest BCUT2D eigenvalue weighted by molar-refractivity contribution is 7.09. The smallest absolute Gasteiger partial charge is 0.275 e. The fraction of sp³-hybridized carbons (Fsp3) is 0.333. The molecule has 0 fully saturated rings. The molecule has 0 bridgehead atoms. The molecule has 0 aliphatic rings. The fourth-order valence-corrected chi connectivity index (χ4v) is 2.07. The standard InChI is InChI=1S/C9H11N3OS/c1-5-8(9(13)12(3)11-5)7-4-14-6(2)10-7/h4,11H,1-3H3. The average Bonchev–Trinajstić information content (AvgIpc) is 2.60. The molecule has 0 radical (unpaired) electrons. The normalized spacial score (nSPS) is 10.8. The van der Waals surface area contributed by atoms with Crippen LogP contribution in [0.3, 0.4) is 0 Å². The number of nitrogens with one attached hydrogen (secondary N) is 1. The van der Waals surface area contributed by atoms with E-state index >= 15 is 0 Å². The van der Waals surface area contributed by atoms with Gasteiger partial charge in [0.1, 0.15) is 0 Å². The number of rotatable bonds is 1. The van der Waals surface area contributed by atoms with Crippen molar-refractivity contribution in [2.45, 2.75) is 13.8 Å².